The molecule has 2 rings (SSSR count). The zero-order valence-electron chi connectivity index (χ0n) is 11.1. The number of nitrogens with zero attached hydrogens (tertiary/aromatic N) is 1. The van der Waals surface area contributed by atoms with E-state index in [1.807, 2.05) is 42.5 Å². The summed E-state index contributed by atoms with van der Waals surface area (Å²) in [4.78, 5) is 0. The molecule has 4 heteroatoms. The first-order chi connectivity index (χ1) is 8.97. The lowest BCUT2D eigenvalue weighted by Gasteiger charge is -2.14. The SMILES string of the molecule is CN(Cc1ccc(-c2ccccc2)cc1)S(C)(=O)=O. The summed E-state index contributed by atoms with van der Waals surface area (Å²) in [6.07, 6.45) is 1.21. The minimum absolute atomic E-state index is 0.397. The van der Waals surface area contributed by atoms with Gasteiger partial charge in [0.05, 0.1) is 6.26 Å². The highest BCUT2D eigenvalue weighted by Gasteiger charge is 2.10. The van der Waals surface area contributed by atoms with Crippen LogP contribution in [0.5, 0.6) is 0 Å². The molecule has 0 amide bonds. The number of hydrogen-bond donors (Lipinski definition) is 0. The normalized spacial score (nSPS) is 11.7. The van der Waals surface area contributed by atoms with Crippen molar-refractivity contribution in [2.45, 2.75) is 6.54 Å². The second-order valence-corrected chi connectivity index (χ2v) is 6.67. The van der Waals surface area contributed by atoms with Gasteiger partial charge in [0.25, 0.3) is 0 Å². The Bertz CT molecular complexity index is 634. The Morgan fingerprint density at radius 1 is 0.895 bits per heavy atom. The molecule has 3 nitrogen and oxygen atoms in total. The molecule has 0 unspecified atom stereocenters. The van der Waals surface area contributed by atoms with Gasteiger partial charge in [-0.15, -0.1) is 0 Å². The fraction of sp³-hybridized carbons (Fsp3) is 0.200. The van der Waals surface area contributed by atoms with Gasteiger partial charge in [0.15, 0.2) is 0 Å². The zero-order chi connectivity index (χ0) is 13.9. The molecule has 0 fully saturated rings. The molecule has 0 aliphatic heterocycles. The van der Waals surface area contributed by atoms with Crippen LogP contribution in [0.1, 0.15) is 5.56 Å². The third-order valence-electron chi connectivity index (χ3n) is 3.03. The first kappa shape index (κ1) is 13.8. The highest BCUT2D eigenvalue weighted by Crippen LogP contribution is 2.19. The molecular weight excluding hydrogens is 258 g/mol. The first-order valence-corrected chi connectivity index (χ1v) is 7.87. The maximum absolute atomic E-state index is 11.3. The number of sulfonamides is 1. The molecule has 0 spiro atoms. The molecular formula is C15H17NO2S. The molecule has 0 radical (unpaired) electrons. The molecule has 19 heavy (non-hydrogen) atoms. The molecule has 0 bridgehead atoms. The van der Waals surface area contributed by atoms with E-state index in [2.05, 4.69) is 12.1 Å². The number of benzene rings is 2. The van der Waals surface area contributed by atoms with Crippen LogP contribution in [0.25, 0.3) is 11.1 Å². The van der Waals surface area contributed by atoms with Crippen molar-refractivity contribution >= 4 is 10.0 Å². The van der Waals surface area contributed by atoms with E-state index in [9.17, 15) is 8.42 Å². The molecule has 0 aromatic heterocycles. The van der Waals surface area contributed by atoms with Gasteiger partial charge in [-0.05, 0) is 16.7 Å². The third kappa shape index (κ3) is 3.66. The molecule has 0 aliphatic rings. The van der Waals surface area contributed by atoms with Crippen LogP contribution in [0, 0.1) is 0 Å². The average Bonchev–Trinajstić information content (AvgIpc) is 2.39. The molecule has 0 N–H and O–H groups in total. The van der Waals surface area contributed by atoms with Crippen molar-refractivity contribution in [3.63, 3.8) is 0 Å². The summed E-state index contributed by atoms with van der Waals surface area (Å²) < 4.78 is 24.0. The predicted molar refractivity (Wildman–Crippen MR) is 78.2 cm³/mol. The molecule has 100 valence electrons. The summed E-state index contributed by atoms with van der Waals surface area (Å²) in [7, 11) is -1.55. The molecule has 0 aliphatic carbocycles. The van der Waals surface area contributed by atoms with Crippen LogP contribution in [-0.4, -0.2) is 26.0 Å². The lowest BCUT2D eigenvalue weighted by molar-refractivity contribution is 0.472. The number of hydrogen-bond acceptors (Lipinski definition) is 2. The Kier molecular flexibility index (Phi) is 4.02. The summed E-state index contributed by atoms with van der Waals surface area (Å²) in [5, 5.41) is 0. The summed E-state index contributed by atoms with van der Waals surface area (Å²) in [5.74, 6) is 0. The van der Waals surface area contributed by atoms with Crippen LogP contribution in [0.3, 0.4) is 0 Å². The minimum Gasteiger partial charge on any atom is -0.213 e. The van der Waals surface area contributed by atoms with Gasteiger partial charge in [-0.25, -0.2) is 12.7 Å². The summed E-state index contributed by atoms with van der Waals surface area (Å²) in [5.41, 5.74) is 3.27. The van der Waals surface area contributed by atoms with E-state index in [-0.39, 0.29) is 0 Å². The minimum atomic E-state index is -3.13. The van der Waals surface area contributed by atoms with Crippen molar-refractivity contribution in [2.24, 2.45) is 0 Å². The van der Waals surface area contributed by atoms with Crippen LogP contribution < -0.4 is 0 Å². The Hall–Kier alpha value is -1.65. The van der Waals surface area contributed by atoms with Gasteiger partial charge < -0.3 is 0 Å². The third-order valence-corrected chi connectivity index (χ3v) is 4.29. The highest BCUT2D eigenvalue weighted by atomic mass is 32.2. The maximum atomic E-state index is 11.3. The summed E-state index contributed by atoms with van der Waals surface area (Å²) in [6.45, 7) is 0.397. The molecule has 0 saturated carbocycles. The maximum Gasteiger partial charge on any atom is 0.211 e. The predicted octanol–water partition coefficient (Wildman–Crippen LogP) is 2.75. The summed E-state index contributed by atoms with van der Waals surface area (Å²) >= 11 is 0. The fourth-order valence-corrected chi connectivity index (χ4v) is 2.19. The topological polar surface area (TPSA) is 37.4 Å². The molecule has 0 heterocycles. The fourth-order valence-electron chi connectivity index (χ4n) is 1.81. The van der Waals surface area contributed by atoms with E-state index in [1.165, 1.54) is 10.6 Å². The first-order valence-electron chi connectivity index (χ1n) is 6.02. The van der Waals surface area contributed by atoms with Gasteiger partial charge in [0.2, 0.25) is 10.0 Å². The Labute approximate surface area is 114 Å². The van der Waals surface area contributed by atoms with E-state index in [0.29, 0.717) is 6.54 Å². The number of rotatable bonds is 4. The van der Waals surface area contributed by atoms with Gasteiger partial charge in [0.1, 0.15) is 0 Å². The Morgan fingerprint density at radius 2 is 1.42 bits per heavy atom. The van der Waals surface area contributed by atoms with Gasteiger partial charge in [0, 0.05) is 13.6 Å². The zero-order valence-corrected chi connectivity index (χ0v) is 11.9. The smallest absolute Gasteiger partial charge is 0.211 e. The van der Waals surface area contributed by atoms with Gasteiger partial charge in [-0.1, -0.05) is 54.6 Å². The van der Waals surface area contributed by atoms with E-state index < -0.39 is 10.0 Å². The highest BCUT2D eigenvalue weighted by molar-refractivity contribution is 7.88. The second-order valence-electron chi connectivity index (χ2n) is 4.58. The van der Waals surface area contributed by atoms with E-state index in [1.54, 1.807) is 7.05 Å². The van der Waals surface area contributed by atoms with Crippen molar-refractivity contribution < 1.29 is 8.42 Å². The lowest BCUT2D eigenvalue weighted by Crippen LogP contribution is -2.24. The van der Waals surface area contributed by atoms with Gasteiger partial charge in [-0.3, -0.25) is 0 Å². The van der Waals surface area contributed by atoms with Crippen molar-refractivity contribution in [1.82, 2.24) is 4.31 Å². The van der Waals surface area contributed by atoms with Crippen LogP contribution in [-0.2, 0) is 16.6 Å². The van der Waals surface area contributed by atoms with Crippen molar-refractivity contribution in [3.05, 3.63) is 60.2 Å². The average molecular weight is 275 g/mol. The Morgan fingerprint density at radius 3 is 1.95 bits per heavy atom. The molecule has 2 aromatic carbocycles. The largest absolute Gasteiger partial charge is 0.213 e. The molecule has 2 aromatic rings. The van der Waals surface area contributed by atoms with Crippen LogP contribution in [0.4, 0.5) is 0 Å². The van der Waals surface area contributed by atoms with Crippen molar-refractivity contribution in [2.75, 3.05) is 13.3 Å². The second kappa shape index (κ2) is 5.55. The van der Waals surface area contributed by atoms with E-state index >= 15 is 0 Å². The van der Waals surface area contributed by atoms with E-state index in [4.69, 9.17) is 0 Å². The van der Waals surface area contributed by atoms with Crippen LogP contribution in [0.2, 0.25) is 0 Å². The summed E-state index contributed by atoms with van der Waals surface area (Å²) in [6, 6.07) is 18.0. The van der Waals surface area contributed by atoms with E-state index in [0.717, 1.165) is 16.7 Å². The van der Waals surface area contributed by atoms with Crippen LogP contribution in [0.15, 0.2) is 54.6 Å². The molecule has 0 atom stereocenters. The van der Waals surface area contributed by atoms with Gasteiger partial charge >= 0.3 is 0 Å². The monoisotopic (exact) mass is 275 g/mol. The standard InChI is InChI=1S/C15H17NO2S/c1-16(19(2,17)18)12-13-8-10-15(11-9-13)14-6-4-3-5-7-14/h3-11H,12H2,1-2H3. The lowest BCUT2D eigenvalue weighted by atomic mass is 10.0. The van der Waals surface area contributed by atoms with Crippen LogP contribution >= 0.6 is 0 Å². The van der Waals surface area contributed by atoms with Crippen molar-refractivity contribution in [3.8, 4) is 11.1 Å². The Balaban J connectivity index is 2.16. The quantitative estimate of drug-likeness (QED) is 0.860. The van der Waals surface area contributed by atoms with Crippen molar-refractivity contribution in [1.29, 1.82) is 0 Å². The molecule has 0 saturated heterocycles. The van der Waals surface area contributed by atoms with Gasteiger partial charge in [-0.2, -0.15) is 0 Å².